The molecule has 0 saturated heterocycles. The largest absolute Gasteiger partial charge is 1.00 e. The standard InChI is InChI=1S/C29H28O3P.C12H13BrO4.BrH/c1-3-32-29(30)23-19-20-28(31-2)24(21-23)22-33(25-13-7-4-8-14-25,26-15-9-5-10-16-26)27-17-11-6-12-18-27;1-3-17-12(15)8-4-5-11(16-2)9(6-8)10(14)7-13;/h4-21H,3,22H2,1-2H3;4-6H,3,7H2,1-2H3;1H/q+1;;/p-1. The smallest absolute Gasteiger partial charge is 0.338 e. The molecule has 0 aliphatic rings. The zero-order chi connectivity index (χ0) is 35.9. The molecule has 0 fully saturated rings. The van der Waals surface area contributed by atoms with Crippen LogP contribution in [0.1, 0.15) is 50.5 Å². The second-order valence-electron chi connectivity index (χ2n) is 10.9. The quantitative estimate of drug-likeness (QED) is 0.0729. The second kappa shape index (κ2) is 20.5. The Morgan fingerprint density at radius 2 is 1.00 bits per heavy atom. The number of carbonyl (C=O) groups excluding carboxylic acids is 3. The first kappa shape index (κ1) is 41.1. The Morgan fingerprint density at radius 3 is 1.39 bits per heavy atom. The number of hydrogen-bond acceptors (Lipinski definition) is 7. The third-order valence-electron chi connectivity index (χ3n) is 7.92. The van der Waals surface area contributed by atoms with Crippen molar-refractivity contribution in [3.63, 3.8) is 0 Å². The number of ether oxygens (including phenoxy) is 4. The minimum atomic E-state index is -2.11. The molecule has 0 unspecified atom stereocenters. The van der Waals surface area contributed by atoms with E-state index in [2.05, 4.69) is 107 Å². The summed E-state index contributed by atoms with van der Waals surface area (Å²) in [5, 5.41) is 4.03. The topological polar surface area (TPSA) is 88.1 Å². The Balaban J connectivity index is 0.000000331. The van der Waals surface area contributed by atoms with E-state index in [1.807, 2.05) is 19.1 Å². The Bertz CT molecular complexity index is 1770. The number of carbonyl (C=O) groups is 3. The van der Waals surface area contributed by atoms with Crippen LogP contribution in [0.5, 0.6) is 11.5 Å². The van der Waals surface area contributed by atoms with E-state index in [0.717, 1.165) is 17.5 Å². The van der Waals surface area contributed by atoms with Crippen molar-refractivity contribution >= 4 is 56.8 Å². The Morgan fingerprint density at radius 1 is 0.588 bits per heavy atom. The molecule has 5 aromatic carbocycles. The maximum absolute atomic E-state index is 12.5. The van der Waals surface area contributed by atoms with Crippen LogP contribution in [0.25, 0.3) is 0 Å². The molecule has 0 atom stereocenters. The molecule has 0 aliphatic heterocycles. The Hall–Kier alpha value is -4.30. The lowest BCUT2D eigenvalue weighted by molar-refractivity contribution is -0.0000529. The maximum Gasteiger partial charge on any atom is 0.338 e. The van der Waals surface area contributed by atoms with Crippen LogP contribution < -0.4 is 42.4 Å². The highest BCUT2D eigenvalue weighted by Gasteiger charge is 2.46. The molecule has 0 amide bonds. The lowest BCUT2D eigenvalue weighted by atomic mass is 10.1. The van der Waals surface area contributed by atoms with E-state index in [1.165, 1.54) is 29.1 Å². The van der Waals surface area contributed by atoms with E-state index in [4.69, 9.17) is 18.9 Å². The average Bonchev–Trinajstić information content (AvgIpc) is 3.17. The van der Waals surface area contributed by atoms with Crippen LogP contribution in [-0.2, 0) is 15.6 Å². The fraction of sp³-hybridized carbons (Fsp3) is 0.195. The van der Waals surface area contributed by atoms with Gasteiger partial charge in [0.2, 0.25) is 0 Å². The molecule has 266 valence electrons. The summed E-state index contributed by atoms with van der Waals surface area (Å²) in [6.45, 7) is 4.19. The SMILES string of the molecule is CCOC(=O)c1ccc(OC)c(C(=O)CBr)c1.CCOC(=O)c1ccc(OC)c(C[P+](c2ccccc2)(c2ccccc2)c2ccccc2)c1.[Br-]. The van der Waals surface area contributed by atoms with Crippen LogP contribution >= 0.6 is 23.2 Å². The van der Waals surface area contributed by atoms with Crippen molar-refractivity contribution < 1.29 is 50.3 Å². The van der Waals surface area contributed by atoms with Gasteiger partial charge in [0.05, 0.1) is 49.5 Å². The van der Waals surface area contributed by atoms with Crippen LogP contribution in [0.15, 0.2) is 127 Å². The summed E-state index contributed by atoms with van der Waals surface area (Å²) in [6, 6.07) is 42.3. The van der Waals surface area contributed by atoms with Crippen molar-refractivity contribution in [1.82, 2.24) is 0 Å². The zero-order valence-electron chi connectivity index (χ0n) is 29.0. The molecule has 0 radical (unpaired) electrons. The maximum atomic E-state index is 12.5. The number of hydrogen-bond donors (Lipinski definition) is 0. The monoisotopic (exact) mass is 834 g/mol. The number of esters is 2. The predicted octanol–water partition coefficient (Wildman–Crippen LogP) is 4.82. The molecule has 10 heteroatoms. The van der Waals surface area contributed by atoms with Gasteiger partial charge in [0.15, 0.2) is 5.78 Å². The molecule has 5 aromatic rings. The summed E-state index contributed by atoms with van der Waals surface area (Å²) in [7, 11) is 1.04. The summed E-state index contributed by atoms with van der Waals surface area (Å²) < 4.78 is 21.0. The number of Topliss-reactive ketones (excluding diaryl/α,β-unsaturated/α-hetero) is 1. The molecule has 0 heterocycles. The number of halogens is 2. The van der Waals surface area contributed by atoms with Gasteiger partial charge in [-0.15, -0.1) is 0 Å². The highest BCUT2D eigenvalue weighted by Crippen LogP contribution is 2.59. The van der Waals surface area contributed by atoms with Gasteiger partial charge in [-0.05, 0) is 86.6 Å². The lowest BCUT2D eigenvalue weighted by Gasteiger charge is -2.28. The summed E-state index contributed by atoms with van der Waals surface area (Å²) in [5.41, 5.74) is 2.25. The van der Waals surface area contributed by atoms with Gasteiger partial charge in [-0.2, -0.15) is 0 Å². The van der Waals surface area contributed by atoms with Gasteiger partial charge in [-0.1, -0.05) is 70.5 Å². The summed E-state index contributed by atoms with van der Waals surface area (Å²) in [5.74, 6) is 0.314. The van der Waals surface area contributed by atoms with E-state index < -0.39 is 13.2 Å². The van der Waals surface area contributed by atoms with Crippen molar-refractivity contribution in [2.24, 2.45) is 0 Å². The molecule has 0 aliphatic carbocycles. The normalized spacial score (nSPS) is 10.5. The van der Waals surface area contributed by atoms with E-state index in [0.29, 0.717) is 35.7 Å². The average molecular weight is 837 g/mol. The van der Waals surface area contributed by atoms with Crippen molar-refractivity contribution in [3.8, 4) is 11.5 Å². The van der Waals surface area contributed by atoms with Gasteiger partial charge < -0.3 is 35.9 Å². The second-order valence-corrected chi connectivity index (χ2v) is 15.0. The summed E-state index contributed by atoms with van der Waals surface area (Å²) in [6.07, 6.45) is 0.724. The lowest BCUT2D eigenvalue weighted by Crippen LogP contribution is -3.00. The Labute approximate surface area is 319 Å². The third kappa shape index (κ3) is 10.2. The highest BCUT2D eigenvalue weighted by atomic mass is 79.9. The summed E-state index contributed by atoms with van der Waals surface area (Å²) >= 11 is 3.09. The van der Waals surface area contributed by atoms with E-state index in [9.17, 15) is 14.4 Å². The summed E-state index contributed by atoms with van der Waals surface area (Å²) in [4.78, 5) is 35.7. The zero-order valence-corrected chi connectivity index (χ0v) is 33.1. The van der Waals surface area contributed by atoms with E-state index >= 15 is 0 Å². The van der Waals surface area contributed by atoms with Crippen molar-refractivity contribution in [1.29, 1.82) is 0 Å². The van der Waals surface area contributed by atoms with Gasteiger partial charge in [0.25, 0.3) is 0 Å². The fourth-order valence-corrected chi connectivity index (χ4v) is 10.2. The van der Waals surface area contributed by atoms with Gasteiger partial charge in [-0.3, -0.25) is 4.79 Å². The Kier molecular flexibility index (Phi) is 16.6. The van der Waals surface area contributed by atoms with Crippen LogP contribution in [0.4, 0.5) is 0 Å². The molecular weight excluding hydrogens is 795 g/mol. The van der Waals surface area contributed by atoms with Crippen molar-refractivity contribution in [2.75, 3.05) is 32.8 Å². The van der Waals surface area contributed by atoms with Gasteiger partial charge in [0.1, 0.15) is 40.8 Å². The first-order valence-corrected chi connectivity index (χ1v) is 19.3. The number of rotatable bonds is 13. The predicted molar refractivity (Wildman–Crippen MR) is 205 cm³/mol. The van der Waals surface area contributed by atoms with Gasteiger partial charge >= 0.3 is 11.9 Å². The van der Waals surface area contributed by atoms with Crippen LogP contribution in [-0.4, -0.2) is 50.5 Å². The molecule has 0 saturated carbocycles. The van der Waals surface area contributed by atoms with Crippen LogP contribution in [0.2, 0.25) is 0 Å². The van der Waals surface area contributed by atoms with Crippen molar-refractivity contribution in [3.05, 3.63) is 150 Å². The fourth-order valence-electron chi connectivity index (χ4n) is 5.61. The minimum Gasteiger partial charge on any atom is -1.00 e. The molecule has 5 rings (SSSR count). The number of benzene rings is 5. The van der Waals surface area contributed by atoms with Crippen molar-refractivity contribution in [2.45, 2.75) is 20.0 Å². The first-order valence-electron chi connectivity index (χ1n) is 16.2. The number of methoxy groups -OCH3 is 2. The molecular formula is C41H41Br2O7P. The number of alkyl halides is 1. The minimum absolute atomic E-state index is 0. The molecule has 51 heavy (non-hydrogen) atoms. The third-order valence-corrected chi connectivity index (χ3v) is 12.8. The van der Waals surface area contributed by atoms with E-state index in [1.54, 1.807) is 32.2 Å². The van der Waals surface area contributed by atoms with Gasteiger partial charge in [0, 0.05) is 5.56 Å². The first-order chi connectivity index (χ1) is 24.3. The molecule has 0 spiro atoms. The molecule has 0 N–H and O–H groups in total. The molecule has 0 bridgehead atoms. The van der Waals surface area contributed by atoms with Crippen LogP contribution in [0.3, 0.4) is 0 Å². The van der Waals surface area contributed by atoms with Crippen LogP contribution in [0, 0.1) is 0 Å². The van der Waals surface area contributed by atoms with E-state index in [-0.39, 0.29) is 34.1 Å². The number of ketones is 1. The van der Waals surface area contributed by atoms with Gasteiger partial charge in [-0.25, -0.2) is 9.59 Å². The highest BCUT2D eigenvalue weighted by molar-refractivity contribution is 9.09. The molecule has 7 nitrogen and oxygen atoms in total. The molecule has 0 aromatic heterocycles.